The van der Waals surface area contributed by atoms with E-state index in [1.165, 1.54) is 0 Å². The fraction of sp³-hybridized carbons (Fsp3) is 0.781. The molecule has 40 heavy (non-hydrogen) atoms. The molecule has 2 bridgehead atoms. The van der Waals surface area contributed by atoms with Gasteiger partial charge in [0.05, 0.1) is 30.1 Å². The summed E-state index contributed by atoms with van der Waals surface area (Å²) in [6, 6.07) is -1.55. The van der Waals surface area contributed by atoms with E-state index in [-0.39, 0.29) is 41.6 Å². The molecule has 0 aromatic rings. The molecule has 1 spiro atoms. The van der Waals surface area contributed by atoms with Gasteiger partial charge in [-0.05, 0) is 50.9 Å². The summed E-state index contributed by atoms with van der Waals surface area (Å²) in [7, 11) is 1.71. The number of rotatable bonds is 11. The van der Waals surface area contributed by atoms with Crippen LogP contribution in [0.1, 0.15) is 75.2 Å². The Labute approximate surface area is 241 Å². The molecule has 8 nitrogen and oxygen atoms in total. The number of carbonyl (C=O) groups excluding carboxylic acids is 3. The molecule has 3 aliphatic rings. The molecule has 0 aliphatic carbocycles. The van der Waals surface area contributed by atoms with Crippen molar-refractivity contribution < 1.29 is 24.2 Å². The Morgan fingerprint density at radius 2 is 1.73 bits per heavy atom. The van der Waals surface area contributed by atoms with Gasteiger partial charge < -0.3 is 24.5 Å². The Bertz CT molecular complexity index is 1030. The van der Waals surface area contributed by atoms with E-state index in [0.717, 1.165) is 6.42 Å². The molecule has 3 unspecified atom stereocenters. The summed E-state index contributed by atoms with van der Waals surface area (Å²) in [6.45, 7) is 26.5. The SMILES string of the molecule is C=CCN(C)C(=O)[C@H]1[C@H]2C(=O)N([C@@H](CO)C(C)C)C(C(=O)N(CC=C)C(C)(C)CC(C)(C)C)C23CC(C)[C@]1(C)O3. The smallest absolute Gasteiger partial charge is 0.249 e. The fourth-order valence-electron chi connectivity index (χ4n) is 8.14. The molecule has 3 rings (SSSR count). The van der Waals surface area contributed by atoms with Gasteiger partial charge in [0.1, 0.15) is 11.6 Å². The molecule has 7 atom stereocenters. The fourth-order valence-corrected chi connectivity index (χ4v) is 8.14. The molecule has 1 N–H and O–H groups in total. The van der Waals surface area contributed by atoms with Crippen LogP contribution in [0.4, 0.5) is 0 Å². The number of hydrogen-bond acceptors (Lipinski definition) is 5. The zero-order valence-corrected chi connectivity index (χ0v) is 26.5. The van der Waals surface area contributed by atoms with Crippen LogP contribution in [0.15, 0.2) is 25.3 Å². The van der Waals surface area contributed by atoms with E-state index < -0.39 is 40.7 Å². The lowest BCUT2D eigenvalue weighted by molar-refractivity contribution is -0.161. The normalized spacial score (nSPS) is 32.3. The zero-order valence-electron chi connectivity index (χ0n) is 26.5. The molecule has 226 valence electrons. The minimum atomic E-state index is -1.17. The summed E-state index contributed by atoms with van der Waals surface area (Å²) in [6.07, 6.45) is 4.60. The molecule has 8 heteroatoms. The predicted octanol–water partition coefficient (Wildman–Crippen LogP) is 3.89. The minimum Gasteiger partial charge on any atom is -0.394 e. The van der Waals surface area contributed by atoms with Crippen molar-refractivity contribution in [3.63, 3.8) is 0 Å². The van der Waals surface area contributed by atoms with Gasteiger partial charge in [-0.25, -0.2) is 0 Å². The highest BCUT2D eigenvalue weighted by Gasteiger charge is 2.80. The quantitative estimate of drug-likeness (QED) is 0.388. The summed E-state index contributed by atoms with van der Waals surface area (Å²) in [4.78, 5) is 48.4. The summed E-state index contributed by atoms with van der Waals surface area (Å²) >= 11 is 0. The number of aliphatic hydroxyl groups is 1. The van der Waals surface area contributed by atoms with Crippen molar-refractivity contribution in [2.24, 2.45) is 29.1 Å². The molecule has 0 aromatic carbocycles. The maximum absolute atomic E-state index is 14.9. The van der Waals surface area contributed by atoms with Gasteiger partial charge in [-0.3, -0.25) is 14.4 Å². The molecule has 0 aromatic heterocycles. The van der Waals surface area contributed by atoms with Crippen molar-refractivity contribution in [2.45, 2.75) is 104 Å². The van der Waals surface area contributed by atoms with Gasteiger partial charge in [0.2, 0.25) is 17.7 Å². The average molecular weight is 560 g/mol. The van der Waals surface area contributed by atoms with E-state index in [1.54, 1.807) is 29.0 Å². The van der Waals surface area contributed by atoms with E-state index in [2.05, 4.69) is 47.8 Å². The van der Waals surface area contributed by atoms with Crippen LogP contribution in [0.25, 0.3) is 0 Å². The Morgan fingerprint density at radius 3 is 2.20 bits per heavy atom. The van der Waals surface area contributed by atoms with Gasteiger partial charge >= 0.3 is 0 Å². The molecule has 3 aliphatic heterocycles. The summed E-state index contributed by atoms with van der Waals surface area (Å²) in [5.74, 6) is -2.39. The first-order chi connectivity index (χ1) is 18.3. The molecule has 3 saturated heterocycles. The summed E-state index contributed by atoms with van der Waals surface area (Å²) < 4.78 is 6.91. The van der Waals surface area contributed by atoms with Crippen LogP contribution in [0.2, 0.25) is 0 Å². The lowest BCUT2D eigenvalue weighted by Crippen LogP contribution is -2.63. The van der Waals surface area contributed by atoms with Crippen molar-refractivity contribution in [1.29, 1.82) is 0 Å². The molecule has 3 heterocycles. The first-order valence-corrected chi connectivity index (χ1v) is 14.8. The van der Waals surface area contributed by atoms with E-state index in [9.17, 15) is 19.5 Å². The third-order valence-electron chi connectivity index (χ3n) is 9.62. The van der Waals surface area contributed by atoms with Gasteiger partial charge in [0.15, 0.2) is 0 Å². The van der Waals surface area contributed by atoms with Gasteiger partial charge in [-0.15, -0.1) is 13.2 Å². The van der Waals surface area contributed by atoms with E-state index in [1.807, 2.05) is 32.6 Å². The average Bonchev–Trinajstić information content (AvgIpc) is 3.32. The number of likely N-dealkylation sites (N-methyl/N-ethyl adjacent to an activating group) is 1. The molecular weight excluding hydrogens is 506 g/mol. The van der Waals surface area contributed by atoms with Crippen molar-refractivity contribution in [1.82, 2.24) is 14.7 Å². The van der Waals surface area contributed by atoms with Crippen LogP contribution in [-0.4, -0.2) is 93.1 Å². The van der Waals surface area contributed by atoms with E-state index in [0.29, 0.717) is 19.5 Å². The van der Waals surface area contributed by atoms with E-state index >= 15 is 0 Å². The number of ether oxygens (including phenoxy) is 1. The Hall–Kier alpha value is -2.19. The maximum atomic E-state index is 14.9. The van der Waals surface area contributed by atoms with Crippen LogP contribution in [-0.2, 0) is 19.1 Å². The van der Waals surface area contributed by atoms with Crippen molar-refractivity contribution in [2.75, 3.05) is 26.7 Å². The first-order valence-electron chi connectivity index (χ1n) is 14.8. The third kappa shape index (κ3) is 5.04. The summed E-state index contributed by atoms with van der Waals surface area (Å²) in [5.41, 5.74) is -2.67. The van der Waals surface area contributed by atoms with Crippen LogP contribution in [0, 0.1) is 29.1 Å². The van der Waals surface area contributed by atoms with Crippen LogP contribution in [0.5, 0.6) is 0 Å². The number of amides is 3. The highest BCUT2D eigenvalue weighted by atomic mass is 16.5. The number of fused-ring (bicyclic) bond motifs is 1. The van der Waals surface area contributed by atoms with Gasteiger partial charge in [0, 0.05) is 25.7 Å². The number of aliphatic hydroxyl groups excluding tert-OH is 1. The number of likely N-dealkylation sites (tertiary alicyclic amines) is 1. The topological polar surface area (TPSA) is 90.4 Å². The second-order valence-corrected chi connectivity index (χ2v) is 14.7. The highest BCUT2D eigenvalue weighted by Crippen LogP contribution is 2.66. The molecule has 0 radical (unpaired) electrons. The highest BCUT2D eigenvalue weighted by molar-refractivity contribution is 5.99. The predicted molar refractivity (Wildman–Crippen MR) is 157 cm³/mol. The molecule has 3 amide bonds. The Balaban J connectivity index is 2.24. The number of nitrogens with zero attached hydrogens (tertiary/aromatic N) is 3. The number of carbonyl (C=O) groups is 3. The number of hydrogen-bond donors (Lipinski definition) is 1. The second kappa shape index (κ2) is 10.9. The van der Waals surface area contributed by atoms with Crippen LogP contribution in [0.3, 0.4) is 0 Å². The van der Waals surface area contributed by atoms with E-state index in [4.69, 9.17) is 4.74 Å². The Kier molecular flexibility index (Phi) is 8.81. The summed E-state index contributed by atoms with van der Waals surface area (Å²) in [5, 5.41) is 10.5. The standard InChI is InChI=1S/C32H53N3O5/c1-13-15-33(12)26(37)23-24-27(38)35(22(18-36)20(3)4)25(32(24)17-21(5)31(23,11)40-32)28(39)34(16-14-2)30(9,10)19-29(6,7)8/h13-14,20-25,36H,1-2,15-19H2,3-12H3/t21?,22-,23+,24-,25?,31-,32?/m0/s1. The van der Waals surface area contributed by atoms with Crippen LogP contribution < -0.4 is 0 Å². The largest absolute Gasteiger partial charge is 0.394 e. The second-order valence-electron chi connectivity index (χ2n) is 14.7. The Morgan fingerprint density at radius 1 is 1.15 bits per heavy atom. The minimum absolute atomic E-state index is 0.0556. The molecular formula is C32H53N3O5. The third-order valence-corrected chi connectivity index (χ3v) is 9.62. The van der Waals surface area contributed by atoms with Crippen molar-refractivity contribution >= 4 is 17.7 Å². The maximum Gasteiger partial charge on any atom is 0.249 e. The zero-order chi connectivity index (χ0) is 30.6. The van der Waals surface area contributed by atoms with Gasteiger partial charge in [0.25, 0.3) is 0 Å². The van der Waals surface area contributed by atoms with Gasteiger partial charge in [-0.1, -0.05) is 53.7 Å². The first kappa shape index (κ1) is 32.3. The lowest BCUT2D eigenvalue weighted by Gasteiger charge is -2.47. The molecule has 3 fully saturated rings. The lowest BCUT2D eigenvalue weighted by atomic mass is 9.62. The molecule has 0 saturated carbocycles. The van der Waals surface area contributed by atoms with Crippen molar-refractivity contribution in [3.05, 3.63) is 25.3 Å². The monoisotopic (exact) mass is 559 g/mol. The van der Waals surface area contributed by atoms with Gasteiger partial charge in [-0.2, -0.15) is 0 Å². The van der Waals surface area contributed by atoms with Crippen molar-refractivity contribution in [3.8, 4) is 0 Å². The van der Waals surface area contributed by atoms with Crippen LogP contribution >= 0.6 is 0 Å².